The van der Waals surface area contributed by atoms with E-state index in [4.69, 9.17) is 4.52 Å². The number of rotatable bonds is 5. The first-order valence-corrected chi connectivity index (χ1v) is 8.65. The Balaban J connectivity index is 1.45. The van der Waals surface area contributed by atoms with E-state index >= 15 is 0 Å². The van der Waals surface area contributed by atoms with Crippen LogP contribution in [0.25, 0.3) is 11.4 Å². The molecular weight excluding hydrogens is 304 g/mol. The summed E-state index contributed by atoms with van der Waals surface area (Å²) in [4.78, 5) is 16.3. The van der Waals surface area contributed by atoms with Crippen LogP contribution in [0.4, 0.5) is 4.79 Å². The van der Waals surface area contributed by atoms with Crippen molar-refractivity contribution in [3.63, 3.8) is 0 Å². The molecule has 1 aromatic carbocycles. The summed E-state index contributed by atoms with van der Waals surface area (Å²) in [5.41, 5.74) is 2.07. The molecule has 2 amide bonds. The van der Waals surface area contributed by atoms with Gasteiger partial charge in [-0.15, -0.1) is 0 Å². The zero-order valence-corrected chi connectivity index (χ0v) is 14.0. The van der Waals surface area contributed by atoms with Gasteiger partial charge >= 0.3 is 6.03 Å². The molecule has 0 bridgehead atoms. The maximum atomic E-state index is 11.9. The molecule has 24 heavy (non-hydrogen) atoms. The number of carbonyl (C=O) groups excluding carboxylic acids is 1. The molecule has 2 aromatic rings. The Hall–Kier alpha value is -2.37. The van der Waals surface area contributed by atoms with Gasteiger partial charge in [0, 0.05) is 24.6 Å². The molecule has 0 saturated heterocycles. The highest BCUT2D eigenvalue weighted by molar-refractivity contribution is 5.74. The maximum absolute atomic E-state index is 11.9. The van der Waals surface area contributed by atoms with E-state index in [1.807, 2.05) is 31.2 Å². The molecule has 0 aliphatic heterocycles. The molecule has 6 heteroatoms. The van der Waals surface area contributed by atoms with E-state index in [0.29, 0.717) is 30.7 Å². The Labute approximate surface area is 142 Å². The Morgan fingerprint density at radius 2 is 2.04 bits per heavy atom. The highest BCUT2D eigenvalue weighted by atomic mass is 16.5. The van der Waals surface area contributed by atoms with Crippen LogP contribution >= 0.6 is 0 Å². The minimum Gasteiger partial charge on any atom is -0.339 e. The van der Waals surface area contributed by atoms with Gasteiger partial charge in [0.1, 0.15) is 0 Å². The van der Waals surface area contributed by atoms with Gasteiger partial charge in [-0.2, -0.15) is 4.98 Å². The molecule has 0 spiro atoms. The summed E-state index contributed by atoms with van der Waals surface area (Å²) in [7, 11) is 0. The minimum atomic E-state index is -0.111. The van der Waals surface area contributed by atoms with Crippen molar-refractivity contribution in [2.45, 2.75) is 51.5 Å². The molecule has 0 radical (unpaired) electrons. The zero-order chi connectivity index (χ0) is 16.8. The quantitative estimate of drug-likeness (QED) is 0.883. The van der Waals surface area contributed by atoms with Crippen molar-refractivity contribution in [1.29, 1.82) is 0 Å². The van der Waals surface area contributed by atoms with Crippen LogP contribution in [-0.2, 0) is 6.42 Å². The summed E-state index contributed by atoms with van der Waals surface area (Å²) < 4.78 is 5.27. The summed E-state index contributed by atoms with van der Waals surface area (Å²) in [5.74, 6) is 1.13. The second kappa shape index (κ2) is 7.95. The van der Waals surface area contributed by atoms with Crippen molar-refractivity contribution in [3.8, 4) is 11.4 Å². The molecule has 1 saturated carbocycles. The van der Waals surface area contributed by atoms with Crippen LogP contribution in [0, 0.1) is 6.92 Å². The normalized spacial score (nSPS) is 15.2. The van der Waals surface area contributed by atoms with E-state index in [0.717, 1.165) is 24.0 Å². The highest BCUT2D eigenvalue weighted by Gasteiger charge is 2.15. The molecule has 1 fully saturated rings. The lowest BCUT2D eigenvalue weighted by atomic mass is 9.96. The fourth-order valence-electron chi connectivity index (χ4n) is 3.06. The zero-order valence-electron chi connectivity index (χ0n) is 14.0. The molecule has 0 unspecified atom stereocenters. The SMILES string of the molecule is Cc1ccccc1-c1noc(CCNC(=O)NC2CCCCC2)n1. The molecule has 2 N–H and O–H groups in total. The predicted molar refractivity (Wildman–Crippen MR) is 91.6 cm³/mol. The first-order chi connectivity index (χ1) is 11.7. The number of hydrogen-bond donors (Lipinski definition) is 2. The van der Waals surface area contributed by atoms with Gasteiger partial charge in [-0.1, -0.05) is 48.7 Å². The highest BCUT2D eigenvalue weighted by Crippen LogP contribution is 2.20. The third-order valence-electron chi connectivity index (χ3n) is 4.42. The molecule has 1 heterocycles. The van der Waals surface area contributed by atoms with Gasteiger partial charge in [-0.3, -0.25) is 0 Å². The topological polar surface area (TPSA) is 80.0 Å². The van der Waals surface area contributed by atoms with Crippen molar-refractivity contribution < 1.29 is 9.32 Å². The van der Waals surface area contributed by atoms with Crippen molar-refractivity contribution in [1.82, 2.24) is 20.8 Å². The van der Waals surface area contributed by atoms with Crippen molar-refractivity contribution in [2.24, 2.45) is 0 Å². The number of aryl methyl sites for hydroxylation is 1. The van der Waals surface area contributed by atoms with Crippen LogP contribution < -0.4 is 10.6 Å². The van der Waals surface area contributed by atoms with Crippen LogP contribution in [0.3, 0.4) is 0 Å². The largest absolute Gasteiger partial charge is 0.339 e. The molecule has 0 atom stereocenters. The molecule has 1 aliphatic rings. The molecule has 128 valence electrons. The fourth-order valence-corrected chi connectivity index (χ4v) is 3.06. The number of aromatic nitrogens is 2. The van der Waals surface area contributed by atoms with Gasteiger partial charge in [0.2, 0.25) is 11.7 Å². The number of nitrogens with one attached hydrogen (secondary N) is 2. The Morgan fingerprint density at radius 3 is 2.83 bits per heavy atom. The fraction of sp³-hybridized carbons (Fsp3) is 0.500. The molecule has 3 rings (SSSR count). The Bertz CT molecular complexity index is 677. The summed E-state index contributed by atoms with van der Waals surface area (Å²) >= 11 is 0. The van der Waals surface area contributed by atoms with E-state index in [1.165, 1.54) is 19.3 Å². The Kier molecular flexibility index (Phi) is 5.46. The van der Waals surface area contributed by atoms with Crippen LogP contribution in [0.1, 0.15) is 43.6 Å². The molecule has 1 aromatic heterocycles. The standard InChI is InChI=1S/C18H24N4O2/c1-13-7-5-6-10-15(13)17-21-16(24-22-17)11-12-19-18(23)20-14-8-3-2-4-9-14/h5-7,10,14H,2-4,8-9,11-12H2,1H3,(H2,19,20,23). The molecular formula is C18H24N4O2. The van der Waals surface area contributed by atoms with Crippen molar-refractivity contribution in [3.05, 3.63) is 35.7 Å². The van der Waals surface area contributed by atoms with E-state index < -0.39 is 0 Å². The number of nitrogens with zero attached hydrogens (tertiary/aromatic N) is 2. The van der Waals surface area contributed by atoms with Crippen LogP contribution in [0.2, 0.25) is 0 Å². The number of hydrogen-bond acceptors (Lipinski definition) is 4. The monoisotopic (exact) mass is 328 g/mol. The van der Waals surface area contributed by atoms with Gasteiger partial charge in [0.25, 0.3) is 0 Å². The van der Waals surface area contributed by atoms with Gasteiger partial charge in [0.05, 0.1) is 0 Å². The minimum absolute atomic E-state index is 0.111. The van der Waals surface area contributed by atoms with Gasteiger partial charge in [-0.25, -0.2) is 4.79 Å². The number of carbonyl (C=O) groups is 1. The second-order valence-electron chi connectivity index (χ2n) is 6.31. The van der Waals surface area contributed by atoms with Gasteiger partial charge in [-0.05, 0) is 25.3 Å². The molecule has 6 nitrogen and oxygen atoms in total. The Morgan fingerprint density at radius 1 is 1.25 bits per heavy atom. The maximum Gasteiger partial charge on any atom is 0.315 e. The smallest absolute Gasteiger partial charge is 0.315 e. The van der Waals surface area contributed by atoms with Crippen LogP contribution in [0.15, 0.2) is 28.8 Å². The lowest BCUT2D eigenvalue weighted by Crippen LogP contribution is -2.43. The summed E-state index contributed by atoms with van der Waals surface area (Å²) in [6.07, 6.45) is 6.37. The number of amides is 2. The van der Waals surface area contributed by atoms with E-state index in [9.17, 15) is 4.79 Å². The van der Waals surface area contributed by atoms with Crippen LogP contribution in [-0.4, -0.2) is 28.8 Å². The first kappa shape index (κ1) is 16.5. The van der Waals surface area contributed by atoms with Gasteiger partial charge < -0.3 is 15.2 Å². The lowest BCUT2D eigenvalue weighted by molar-refractivity contribution is 0.232. The van der Waals surface area contributed by atoms with Crippen molar-refractivity contribution >= 4 is 6.03 Å². The first-order valence-electron chi connectivity index (χ1n) is 8.65. The second-order valence-corrected chi connectivity index (χ2v) is 6.31. The van der Waals surface area contributed by atoms with Crippen LogP contribution in [0.5, 0.6) is 0 Å². The predicted octanol–water partition coefficient (Wildman–Crippen LogP) is 3.22. The third-order valence-corrected chi connectivity index (χ3v) is 4.42. The van der Waals surface area contributed by atoms with Gasteiger partial charge in [0.15, 0.2) is 0 Å². The summed E-state index contributed by atoms with van der Waals surface area (Å²) in [5, 5.41) is 9.91. The number of urea groups is 1. The summed E-state index contributed by atoms with van der Waals surface area (Å²) in [6.45, 7) is 2.50. The van der Waals surface area contributed by atoms with E-state index in [1.54, 1.807) is 0 Å². The van der Waals surface area contributed by atoms with E-state index in [-0.39, 0.29) is 6.03 Å². The number of benzene rings is 1. The third kappa shape index (κ3) is 4.34. The average molecular weight is 328 g/mol. The summed E-state index contributed by atoms with van der Waals surface area (Å²) in [6, 6.07) is 8.13. The van der Waals surface area contributed by atoms with Crippen molar-refractivity contribution in [2.75, 3.05) is 6.54 Å². The average Bonchev–Trinajstić information content (AvgIpc) is 3.05. The lowest BCUT2D eigenvalue weighted by Gasteiger charge is -2.22. The molecule has 1 aliphatic carbocycles. The van der Waals surface area contributed by atoms with E-state index in [2.05, 4.69) is 20.8 Å².